The molecule has 3 aromatic rings. The van der Waals surface area contributed by atoms with E-state index in [4.69, 9.17) is 11.6 Å². The minimum absolute atomic E-state index is 0.0426. The monoisotopic (exact) mass is 424 g/mol. The van der Waals surface area contributed by atoms with Gasteiger partial charge in [-0.05, 0) is 55.6 Å². The van der Waals surface area contributed by atoms with Gasteiger partial charge in [-0.2, -0.15) is 0 Å². The Labute approximate surface area is 180 Å². The molecule has 4 N–H and O–H groups in total. The first-order valence-electron chi connectivity index (χ1n) is 10.6. The molecule has 3 unspecified atom stereocenters. The molecule has 2 fully saturated rings. The number of carbonyl (C=O) groups excluding carboxylic acids is 1. The van der Waals surface area contributed by atoms with Gasteiger partial charge < -0.3 is 20.9 Å². The Morgan fingerprint density at radius 2 is 2.00 bits per heavy atom. The quantitative estimate of drug-likeness (QED) is 0.470. The van der Waals surface area contributed by atoms with Gasteiger partial charge in [-0.1, -0.05) is 24.4 Å². The van der Waals surface area contributed by atoms with E-state index < -0.39 is 0 Å². The van der Waals surface area contributed by atoms with E-state index in [0.29, 0.717) is 5.15 Å². The highest BCUT2D eigenvalue weighted by Gasteiger charge is 2.31. The molecular weight excluding hydrogens is 400 g/mol. The molecule has 1 aliphatic carbocycles. The number of pyridine rings is 2. The van der Waals surface area contributed by atoms with Crippen molar-refractivity contribution in [3.63, 3.8) is 0 Å². The number of nitrogens with zero attached hydrogens (tertiary/aromatic N) is 2. The Hall–Kier alpha value is -2.64. The summed E-state index contributed by atoms with van der Waals surface area (Å²) in [7, 11) is 0. The zero-order valence-electron chi connectivity index (χ0n) is 16.6. The van der Waals surface area contributed by atoms with E-state index in [-0.39, 0.29) is 24.0 Å². The van der Waals surface area contributed by atoms with E-state index in [1.165, 1.54) is 0 Å². The molecule has 3 aromatic heterocycles. The summed E-state index contributed by atoms with van der Waals surface area (Å²) >= 11 is 6.37. The van der Waals surface area contributed by atoms with Gasteiger partial charge in [-0.15, -0.1) is 0 Å². The zero-order valence-corrected chi connectivity index (χ0v) is 17.4. The molecule has 1 amide bonds. The summed E-state index contributed by atoms with van der Waals surface area (Å²) in [5, 5.41) is 11.4. The van der Waals surface area contributed by atoms with Crippen LogP contribution in [0, 0.1) is 0 Å². The molecule has 1 aliphatic heterocycles. The lowest BCUT2D eigenvalue weighted by Crippen LogP contribution is -2.58. The van der Waals surface area contributed by atoms with Crippen LogP contribution in [0.2, 0.25) is 5.15 Å². The second-order valence-corrected chi connectivity index (χ2v) is 8.50. The topological polar surface area (TPSA) is 94.7 Å². The molecule has 8 heteroatoms. The van der Waals surface area contributed by atoms with Crippen molar-refractivity contribution in [3.8, 4) is 11.1 Å². The summed E-state index contributed by atoms with van der Waals surface area (Å²) in [6, 6.07) is 8.03. The fourth-order valence-electron chi connectivity index (χ4n) is 4.38. The number of H-pyrrole nitrogens is 1. The van der Waals surface area contributed by atoms with Crippen LogP contribution in [0.1, 0.15) is 32.1 Å². The fraction of sp³-hybridized carbons (Fsp3) is 0.409. The molecule has 156 valence electrons. The molecule has 30 heavy (non-hydrogen) atoms. The predicted molar refractivity (Wildman–Crippen MR) is 119 cm³/mol. The highest BCUT2D eigenvalue weighted by molar-refractivity contribution is 6.29. The lowest BCUT2D eigenvalue weighted by atomic mass is 9.89. The minimum atomic E-state index is -0.0426. The lowest BCUT2D eigenvalue weighted by molar-refractivity contribution is -0.125. The molecule has 0 bridgehead atoms. The average molecular weight is 425 g/mol. The summed E-state index contributed by atoms with van der Waals surface area (Å²) in [6.45, 7) is 0.920. The molecule has 4 heterocycles. The molecule has 1 saturated carbocycles. The Morgan fingerprint density at radius 3 is 2.80 bits per heavy atom. The second-order valence-electron chi connectivity index (χ2n) is 8.11. The number of aromatic nitrogens is 3. The number of aromatic amines is 1. The van der Waals surface area contributed by atoms with Crippen LogP contribution in [0.4, 0.5) is 5.82 Å². The van der Waals surface area contributed by atoms with Crippen molar-refractivity contribution >= 4 is 34.4 Å². The summed E-state index contributed by atoms with van der Waals surface area (Å²) in [5.74, 6) is 0.828. The Morgan fingerprint density at radius 1 is 1.17 bits per heavy atom. The number of hydrogen-bond acceptors (Lipinski definition) is 5. The number of hydrogen-bond donors (Lipinski definition) is 4. The smallest absolute Gasteiger partial charge is 0.237 e. The molecule has 7 nitrogen and oxygen atoms in total. The first kappa shape index (κ1) is 19.3. The van der Waals surface area contributed by atoms with Crippen molar-refractivity contribution in [1.82, 2.24) is 25.6 Å². The third-order valence-corrected chi connectivity index (χ3v) is 6.32. The van der Waals surface area contributed by atoms with Crippen LogP contribution < -0.4 is 16.0 Å². The number of amides is 1. The molecule has 2 aliphatic rings. The zero-order chi connectivity index (χ0) is 20.5. The highest BCUT2D eigenvalue weighted by Crippen LogP contribution is 2.31. The van der Waals surface area contributed by atoms with Crippen molar-refractivity contribution < 1.29 is 4.79 Å². The van der Waals surface area contributed by atoms with Crippen molar-refractivity contribution in [1.29, 1.82) is 0 Å². The molecule has 1 saturated heterocycles. The summed E-state index contributed by atoms with van der Waals surface area (Å²) < 4.78 is 0. The van der Waals surface area contributed by atoms with Crippen LogP contribution >= 0.6 is 11.6 Å². The number of anilines is 1. The number of halogens is 1. The van der Waals surface area contributed by atoms with Gasteiger partial charge in [0.25, 0.3) is 0 Å². The molecular formula is C22H25ClN6O. The number of fused-ring (bicyclic) bond motifs is 1. The summed E-state index contributed by atoms with van der Waals surface area (Å²) in [4.78, 5) is 24.5. The SMILES string of the molecule is O=C(NC1CCCCC1Nc1cc(-c2c[nH]c3ncccc23)cc(Cl)n1)C1CCN1. The van der Waals surface area contributed by atoms with Crippen LogP contribution in [-0.2, 0) is 4.79 Å². The van der Waals surface area contributed by atoms with E-state index in [1.54, 1.807) is 6.20 Å². The van der Waals surface area contributed by atoms with Crippen LogP contribution in [0.3, 0.4) is 0 Å². The summed E-state index contributed by atoms with van der Waals surface area (Å²) in [6.07, 6.45) is 8.84. The first-order valence-corrected chi connectivity index (χ1v) is 11.0. The standard InChI is InChI=1S/C22H25ClN6O/c23-19-10-13(15-12-26-21-14(15)4-3-8-25-21)11-20(29-19)27-16-5-1-2-6-17(16)28-22(30)18-7-9-24-18/h3-4,8,10-12,16-18,24H,1-2,5-7,9H2,(H,25,26)(H,27,29)(H,28,30). The predicted octanol–water partition coefficient (Wildman–Crippen LogP) is 3.48. The Kier molecular flexibility index (Phi) is 5.31. The first-order chi connectivity index (χ1) is 14.7. The van der Waals surface area contributed by atoms with Crippen LogP contribution in [-0.4, -0.2) is 45.5 Å². The van der Waals surface area contributed by atoms with Crippen LogP contribution in [0.25, 0.3) is 22.2 Å². The van der Waals surface area contributed by atoms with Gasteiger partial charge in [0.2, 0.25) is 5.91 Å². The van der Waals surface area contributed by atoms with E-state index in [0.717, 1.165) is 66.6 Å². The van der Waals surface area contributed by atoms with Gasteiger partial charge in [0.15, 0.2) is 0 Å². The van der Waals surface area contributed by atoms with Crippen molar-refractivity contribution in [2.24, 2.45) is 0 Å². The molecule has 0 radical (unpaired) electrons. The van der Waals surface area contributed by atoms with E-state index in [9.17, 15) is 4.79 Å². The summed E-state index contributed by atoms with van der Waals surface area (Å²) in [5.41, 5.74) is 2.86. The highest BCUT2D eigenvalue weighted by atomic mass is 35.5. The number of nitrogens with one attached hydrogen (secondary N) is 4. The van der Waals surface area contributed by atoms with Gasteiger partial charge in [0, 0.05) is 35.4 Å². The van der Waals surface area contributed by atoms with E-state index in [2.05, 4.69) is 30.9 Å². The van der Waals surface area contributed by atoms with Crippen molar-refractivity contribution in [3.05, 3.63) is 41.8 Å². The van der Waals surface area contributed by atoms with E-state index in [1.807, 2.05) is 30.5 Å². The Balaban J connectivity index is 1.37. The fourth-order valence-corrected chi connectivity index (χ4v) is 4.59. The third kappa shape index (κ3) is 3.87. The number of rotatable bonds is 5. The number of carbonyl (C=O) groups is 1. The molecule has 0 aromatic carbocycles. The van der Waals surface area contributed by atoms with Crippen LogP contribution in [0.5, 0.6) is 0 Å². The molecule has 5 rings (SSSR count). The normalized spacial score (nSPS) is 23.7. The largest absolute Gasteiger partial charge is 0.365 e. The van der Waals surface area contributed by atoms with Gasteiger partial charge in [0.05, 0.1) is 6.04 Å². The molecule has 3 atom stereocenters. The van der Waals surface area contributed by atoms with Gasteiger partial charge in [-0.25, -0.2) is 9.97 Å². The van der Waals surface area contributed by atoms with Crippen molar-refractivity contribution in [2.75, 3.05) is 11.9 Å². The van der Waals surface area contributed by atoms with Crippen LogP contribution in [0.15, 0.2) is 36.7 Å². The molecule has 0 spiro atoms. The third-order valence-electron chi connectivity index (χ3n) is 6.12. The van der Waals surface area contributed by atoms with Gasteiger partial charge in [0.1, 0.15) is 16.6 Å². The second kappa shape index (κ2) is 8.24. The average Bonchev–Trinajstić information content (AvgIpc) is 3.12. The van der Waals surface area contributed by atoms with Gasteiger partial charge >= 0.3 is 0 Å². The van der Waals surface area contributed by atoms with Crippen molar-refractivity contribution in [2.45, 2.75) is 50.2 Å². The Bertz CT molecular complexity index is 1060. The maximum absolute atomic E-state index is 12.4. The van der Waals surface area contributed by atoms with E-state index >= 15 is 0 Å². The minimum Gasteiger partial charge on any atom is -0.365 e. The lowest BCUT2D eigenvalue weighted by Gasteiger charge is -2.35. The maximum Gasteiger partial charge on any atom is 0.237 e. The van der Waals surface area contributed by atoms with Gasteiger partial charge in [-0.3, -0.25) is 4.79 Å². The maximum atomic E-state index is 12.4.